The van der Waals surface area contributed by atoms with E-state index in [2.05, 4.69) is 29.8 Å². The van der Waals surface area contributed by atoms with E-state index in [-0.39, 0.29) is 0 Å². The lowest BCUT2D eigenvalue weighted by Crippen LogP contribution is -2.46. The fourth-order valence-electron chi connectivity index (χ4n) is 2.90. The highest BCUT2D eigenvalue weighted by Crippen LogP contribution is 2.15. The summed E-state index contributed by atoms with van der Waals surface area (Å²) >= 11 is 1.69. The van der Waals surface area contributed by atoms with Crippen LogP contribution in [0.5, 0.6) is 0 Å². The maximum Gasteiger partial charge on any atom is 0.0900 e. The number of thiophene rings is 1. The van der Waals surface area contributed by atoms with Gasteiger partial charge in [0.2, 0.25) is 0 Å². The minimum absolute atomic E-state index is 0.404. The van der Waals surface area contributed by atoms with Gasteiger partial charge in [-0.3, -0.25) is 0 Å². The first-order valence-electron chi connectivity index (χ1n) is 7.89. The maximum atomic E-state index is 10.1. The van der Waals surface area contributed by atoms with Crippen LogP contribution in [0, 0.1) is 0 Å². The van der Waals surface area contributed by atoms with Crippen LogP contribution in [0.25, 0.3) is 0 Å². The minimum atomic E-state index is -0.404. The monoisotopic (exact) mass is 312 g/mol. The molecule has 1 fully saturated rings. The van der Waals surface area contributed by atoms with Gasteiger partial charge in [-0.15, -0.1) is 11.3 Å². The summed E-state index contributed by atoms with van der Waals surface area (Å²) in [5.41, 5.74) is 0. The Hall–Kier alpha value is -0.460. The molecule has 0 saturated carbocycles. The third kappa shape index (κ3) is 5.68. The Balaban J connectivity index is 1.61. The van der Waals surface area contributed by atoms with Gasteiger partial charge in [-0.25, -0.2) is 0 Å². The summed E-state index contributed by atoms with van der Waals surface area (Å²) < 4.78 is 5.59. The number of likely N-dealkylation sites (N-methyl/N-ethyl adjacent to an activating group) is 1. The molecule has 0 aliphatic carbocycles. The Kier molecular flexibility index (Phi) is 7.13. The van der Waals surface area contributed by atoms with Crippen molar-refractivity contribution < 1.29 is 9.84 Å². The second kappa shape index (κ2) is 8.86. The quantitative estimate of drug-likeness (QED) is 0.797. The molecule has 0 amide bonds. The first-order valence-corrected chi connectivity index (χ1v) is 8.77. The summed E-state index contributed by atoms with van der Waals surface area (Å²) in [6.07, 6.45) is 2.00. The van der Waals surface area contributed by atoms with Crippen LogP contribution < -0.4 is 0 Å². The molecule has 1 aliphatic heterocycles. The number of rotatable bonds is 8. The van der Waals surface area contributed by atoms with Crippen molar-refractivity contribution in [1.29, 1.82) is 0 Å². The highest BCUT2D eigenvalue weighted by atomic mass is 32.1. The van der Waals surface area contributed by atoms with Crippen molar-refractivity contribution in [3.8, 4) is 0 Å². The van der Waals surface area contributed by atoms with Crippen LogP contribution in [0.4, 0.5) is 0 Å². The summed E-state index contributed by atoms with van der Waals surface area (Å²) in [6.45, 7) is 7.44. The molecule has 0 radical (unpaired) electrons. The number of hydrogen-bond acceptors (Lipinski definition) is 5. The molecular formula is C16H28N2O2S. The van der Waals surface area contributed by atoms with Crippen LogP contribution in [0.3, 0.4) is 0 Å². The predicted octanol–water partition coefficient (Wildman–Crippen LogP) is 2.04. The molecule has 0 spiro atoms. The zero-order valence-electron chi connectivity index (χ0n) is 13.2. The molecule has 1 aliphatic rings. The number of likely N-dealkylation sites (tertiary alicyclic amines) is 1. The average Bonchev–Trinajstić information content (AvgIpc) is 3.00. The zero-order valence-corrected chi connectivity index (χ0v) is 14.0. The lowest BCUT2D eigenvalue weighted by atomic mass is 10.0. The van der Waals surface area contributed by atoms with Gasteiger partial charge in [-0.05, 0) is 51.0 Å². The van der Waals surface area contributed by atoms with Crippen LogP contribution in [0.15, 0.2) is 17.5 Å². The van der Waals surface area contributed by atoms with Gasteiger partial charge in [0.05, 0.1) is 19.3 Å². The van der Waals surface area contributed by atoms with Gasteiger partial charge >= 0.3 is 0 Å². The van der Waals surface area contributed by atoms with E-state index in [1.807, 2.05) is 11.4 Å². The average molecular weight is 312 g/mol. The molecule has 120 valence electrons. The smallest absolute Gasteiger partial charge is 0.0900 e. The number of aliphatic hydroxyl groups is 1. The van der Waals surface area contributed by atoms with E-state index in [4.69, 9.17) is 4.74 Å². The predicted molar refractivity (Wildman–Crippen MR) is 87.7 cm³/mol. The summed E-state index contributed by atoms with van der Waals surface area (Å²) in [5, 5.41) is 12.2. The number of piperidine rings is 1. The van der Waals surface area contributed by atoms with E-state index in [1.165, 1.54) is 30.8 Å². The van der Waals surface area contributed by atoms with Crippen molar-refractivity contribution in [1.82, 2.24) is 9.80 Å². The van der Waals surface area contributed by atoms with Gasteiger partial charge in [-0.1, -0.05) is 13.0 Å². The molecule has 1 atom stereocenters. The Morgan fingerprint density at radius 3 is 2.86 bits per heavy atom. The first kappa shape index (κ1) is 16.9. The standard InChI is InChI=1S/C16H28N2O2S/c1-3-18-8-6-14(7-9-18)17(2)11-15(19)12-20-13-16-5-4-10-21-16/h4-5,10,14-15,19H,3,6-9,11-13H2,1-2H3. The molecule has 21 heavy (non-hydrogen) atoms. The van der Waals surface area contributed by atoms with Gasteiger partial charge in [0.25, 0.3) is 0 Å². The topological polar surface area (TPSA) is 35.9 Å². The third-order valence-electron chi connectivity index (χ3n) is 4.26. The second-order valence-corrected chi connectivity index (χ2v) is 6.89. The lowest BCUT2D eigenvalue weighted by molar-refractivity contribution is 0.00287. The third-order valence-corrected chi connectivity index (χ3v) is 5.11. The van der Waals surface area contributed by atoms with Gasteiger partial charge in [0, 0.05) is 17.5 Å². The SMILES string of the molecule is CCN1CCC(N(C)CC(O)COCc2cccs2)CC1. The van der Waals surface area contributed by atoms with Gasteiger partial charge < -0.3 is 19.6 Å². The van der Waals surface area contributed by atoms with Crippen molar-refractivity contribution in [3.05, 3.63) is 22.4 Å². The molecule has 1 saturated heterocycles. The van der Waals surface area contributed by atoms with Crippen LogP contribution in [-0.2, 0) is 11.3 Å². The molecular weight excluding hydrogens is 284 g/mol. The molecule has 5 heteroatoms. The maximum absolute atomic E-state index is 10.1. The normalized spacial score (nSPS) is 19.2. The molecule has 0 aromatic carbocycles. The van der Waals surface area contributed by atoms with E-state index in [1.54, 1.807) is 11.3 Å². The van der Waals surface area contributed by atoms with Crippen molar-refractivity contribution in [2.24, 2.45) is 0 Å². The molecule has 1 aromatic heterocycles. The van der Waals surface area contributed by atoms with Gasteiger partial charge in [0.1, 0.15) is 0 Å². The van der Waals surface area contributed by atoms with E-state index in [0.29, 0.717) is 25.8 Å². The van der Waals surface area contributed by atoms with E-state index >= 15 is 0 Å². The first-order chi connectivity index (χ1) is 10.2. The highest BCUT2D eigenvalue weighted by molar-refractivity contribution is 7.09. The summed E-state index contributed by atoms with van der Waals surface area (Å²) in [5.74, 6) is 0. The summed E-state index contributed by atoms with van der Waals surface area (Å²) in [4.78, 5) is 6.00. The van der Waals surface area contributed by atoms with Gasteiger partial charge in [-0.2, -0.15) is 0 Å². The molecule has 4 nitrogen and oxygen atoms in total. The van der Waals surface area contributed by atoms with E-state index in [0.717, 1.165) is 6.54 Å². The minimum Gasteiger partial charge on any atom is -0.389 e. The molecule has 1 N–H and O–H groups in total. The van der Waals surface area contributed by atoms with Crippen LogP contribution in [-0.4, -0.2) is 66.9 Å². The Bertz CT molecular complexity index is 378. The lowest BCUT2D eigenvalue weighted by Gasteiger charge is -2.37. The fraction of sp³-hybridized carbons (Fsp3) is 0.750. The Morgan fingerprint density at radius 2 is 2.24 bits per heavy atom. The van der Waals surface area contributed by atoms with Crippen LogP contribution in [0.2, 0.25) is 0 Å². The molecule has 0 bridgehead atoms. The number of ether oxygens (including phenoxy) is 1. The fourth-order valence-corrected chi connectivity index (χ4v) is 3.54. The van der Waals surface area contributed by atoms with Crippen LogP contribution >= 0.6 is 11.3 Å². The van der Waals surface area contributed by atoms with E-state index < -0.39 is 6.10 Å². The number of nitrogens with zero attached hydrogens (tertiary/aromatic N) is 2. The Morgan fingerprint density at radius 1 is 1.48 bits per heavy atom. The molecule has 1 unspecified atom stereocenters. The van der Waals surface area contributed by atoms with Crippen molar-refractivity contribution in [2.75, 3.05) is 39.8 Å². The second-order valence-electron chi connectivity index (χ2n) is 5.85. The van der Waals surface area contributed by atoms with Crippen LogP contribution in [0.1, 0.15) is 24.6 Å². The van der Waals surface area contributed by atoms with Gasteiger partial charge in [0.15, 0.2) is 0 Å². The van der Waals surface area contributed by atoms with Crippen molar-refractivity contribution in [2.45, 2.75) is 38.5 Å². The Labute approximate surface area is 132 Å². The zero-order chi connectivity index (χ0) is 15.1. The summed E-state index contributed by atoms with van der Waals surface area (Å²) in [6, 6.07) is 4.68. The van der Waals surface area contributed by atoms with Crippen molar-refractivity contribution in [3.63, 3.8) is 0 Å². The van der Waals surface area contributed by atoms with Crippen molar-refractivity contribution >= 4 is 11.3 Å². The molecule has 2 heterocycles. The van der Waals surface area contributed by atoms with E-state index in [9.17, 15) is 5.11 Å². The molecule has 1 aromatic rings. The molecule has 2 rings (SSSR count). The number of hydrogen-bond donors (Lipinski definition) is 1. The largest absolute Gasteiger partial charge is 0.389 e. The summed E-state index contributed by atoms with van der Waals surface area (Å²) in [7, 11) is 2.12. The number of aliphatic hydroxyl groups excluding tert-OH is 1. The highest BCUT2D eigenvalue weighted by Gasteiger charge is 2.22.